The summed E-state index contributed by atoms with van der Waals surface area (Å²) in [5.41, 5.74) is 1.23. The van der Waals surface area contributed by atoms with E-state index in [1.54, 1.807) is 0 Å². The van der Waals surface area contributed by atoms with Crippen LogP contribution < -0.4 is 5.32 Å². The molecule has 0 spiro atoms. The molecule has 3 aliphatic rings. The lowest BCUT2D eigenvalue weighted by Crippen LogP contribution is -2.48. The van der Waals surface area contributed by atoms with Crippen molar-refractivity contribution < 1.29 is 4.79 Å². The third-order valence-electron chi connectivity index (χ3n) is 6.63. The van der Waals surface area contributed by atoms with E-state index in [0.717, 1.165) is 45.1 Å². The number of piperazine rings is 1. The van der Waals surface area contributed by atoms with Crippen LogP contribution in [0.15, 0.2) is 30.3 Å². The van der Waals surface area contributed by atoms with E-state index in [1.807, 2.05) is 6.07 Å². The zero-order valence-electron chi connectivity index (χ0n) is 15.4. The van der Waals surface area contributed by atoms with Crippen molar-refractivity contribution in [3.8, 4) is 0 Å². The molecule has 2 bridgehead atoms. The molecule has 25 heavy (non-hydrogen) atoms. The molecule has 1 N–H and O–H groups in total. The van der Waals surface area contributed by atoms with Gasteiger partial charge < -0.3 is 10.2 Å². The predicted octanol–water partition coefficient (Wildman–Crippen LogP) is 2.53. The highest BCUT2D eigenvalue weighted by Crippen LogP contribution is 2.48. The van der Waals surface area contributed by atoms with Crippen molar-refractivity contribution in [3.63, 3.8) is 0 Å². The average Bonchev–Trinajstić information content (AvgIpc) is 3.27. The van der Waals surface area contributed by atoms with Gasteiger partial charge in [0.1, 0.15) is 0 Å². The molecule has 4 atom stereocenters. The molecule has 1 amide bonds. The van der Waals surface area contributed by atoms with Crippen molar-refractivity contribution >= 4 is 5.91 Å². The molecule has 0 unspecified atom stereocenters. The van der Waals surface area contributed by atoms with Crippen LogP contribution in [0.3, 0.4) is 0 Å². The number of rotatable bonds is 5. The maximum Gasteiger partial charge on any atom is 0.223 e. The third-order valence-corrected chi connectivity index (χ3v) is 6.63. The summed E-state index contributed by atoms with van der Waals surface area (Å²) in [6, 6.07) is 10.6. The lowest BCUT2D eigenvalue weighted by Gasteiger charge is -2.35. The van der Waals surface area contributed by atoms with Gasteiger partial charge >= 0.3 is 0 Å². The summed E-state index contributed by atoms with van der Waals surface area (Å²) >= 11 is 0. The van der Waals surface area contributed by atoms with E-state index >= 15 is 0 Å². The zero-order chi connectivity index (χ0) is 17.2. The summed E-state index contributed by atoms with van der Waals surface area (Å²) in [6.45, 7) is 5.32. The van der Waals surface area contributed by atoms with Gasteiger partial charge in [0.15, 0.2) is 0 Å². The predicted molar refractivity (Wildman–Crippen MR) is 100 cm³/mol. The van der Waals surface area contributed by atoms with Crippen LogP contribution in [0, 0.1) is 17.8 Å². The van der Waals surface area contributed by atoms with E-state index in [9.17, 15) is 4.79 Å². The smallest absolute Gasteiger partial charge is 0.223 e. The molecular formula is C21H31N3O. The largest absolute Gasteiger partial charge is 0.348 e. The molecule has 4 rings (SSSR count). The maximum atomic E-state index is 13.0. The lowest BCUT2D eigenvalue weighted by atomic mass is 9.88. The summed E-state index contributed by atoms with van der Waals surface area (Å²) in [6.07, 6.45) is 5.01. The Morgan fingerprint density at radius 3 is 2.52 bits per heavy atom. The lowest BCUT2D eigenvalue weighted by molar-refractivity contribution is -0.127. The standard InChI is InChI=1S/C21H31N3O/c1-23-9-11-24(12-10-23)15-20(17-5-3-2-4-6-17)22-21(25)19-14-16-7-8-18(19)13-16/h2-6,16,18-20H,7-15H2,1H3,(H,22,25)/t16-,18-,19+,20-/m0/s1. The number of hydrogen-bond donors (Lipinski definition) is 1. The molecule has 3 fully saturated rings. The van der Waals surface area contributed by atoms with Gasteiger partial charge in [-0.1, -0.05) is 36.8 Å². The molecule has 4 heteroatoms. The molecule has 136 valence electrons. The molecular weight excluding hydrogens is 310 g/mol. The Morgan fingerprint density at radius 1 is 1.12 bits per heavy atom. The van der Waals surface area contributed by atoms with Gasteiger partial charge in [-0.3, -0.25) is 9.69 Å². The third kappa shape index (κ3) is 3.90. The van der Waals surface area contributed by atoms with Gasteiger partial charge in [0.05, 0.1) is 6.04 Å². The molecule has 2 saturated carbocycles. The Morgan fingerprint density at radius 2 is 1.88 bits per heavy atom. The Balaban J connectivity index is 1.43. The summed E-state index contributed by atoms with van der Waals surface area (Å²) in [5.74, 6) is 2.02. The first-order valence-electron chi connectivity index (χ1n) is 9.95. The summed E-state index contributed by atoms with van der Waals surface area (Å²) < 4.78 is 0. The fraction of sp³-hybridized carbons (Fsp3) is 0.667. The van der Waals surface area contributed by atoms with Crippen molar-refractivity contribution in [2.75, 3.05) is 39.8 Å². The van der Waals surface area contributed by atoms with Crippen molar-refractivity contribution in [3.05, 3.63) is 35.9 Å². The van der Waals surface area contributed by atoms with E-state index in [4.69, 9.17) is 0 Å². The Hall–Kier alpha value is -1.39. The Bertz CT molecular complexity index is 582. The molecule has 1 saturated heterocycles. The molecule has 1 aliphatic heterocycles. The average molecular weight is 341 g/mol. The van der Waals surface area contributed by atoms with Crippen LogP contribution in [0.4, 0.5) is 0 Å². The zero-order valence-corrected chi connectivity index (χ0v) is 15.4. The molecule has 1 aromatic rings. The minimum Gasteiger partial charge on any atom is -0.348 e. The van der Waals surface area contributed by atoms with Gasteiger partial charge in [0.2, 0.25) is 5.91 Å². The molecule has 2 aliphatic carbocycles. The second kappa shape index (κ2) is 7.46. The minimum absolute atomic E-state index is 0.108. The SMILES string of the molecule is CN1CCN(C[C@H](NC(=O)[C@@H]2C[C@H]3CC[C@H]2C3)c2ccccc2)CC1. The van der Waals surface area contributed by atoms with Gasteiger partial charge in [-0.15, -0.1) is 0 Å². The van der Waals surface area contributed by atoms with Crippen LogP contribution in [0.25, 0.3) is 0 Å². The Labute approximate surface area is 151 Å². The van der Waals surface area contributed by atoms with Crippen LogP contribution in [-0.2, 0) is 4.79 Å². The van der Waals surface area contributed by atoms with Gasteiger partial charge in [0.25, 0.3) is 0 Å². The van der Waals surface area contributed by atoms with Gasteiger partial charge in [0, 0.05) is 38.6 Å². The number of amides is 1. The molecule has 4 nitrogen and oxygen atoms in total. The van der Waals surface area contributed by atoms with Crippen LogP contribution in [0.1, 0.15) is 37.3 Å². The fourth-order valence-electron chi connectivity index (χ4n) is 5.05. The summed E-state index contributed by atoms with van der Waals surface area (Å²) in [5, 5.41) is 3.42. The highest BCUT2D eigenvalue weighted by molar-refractivity contribution is 5.80. The number of fused-ring (bicyclic) bond motifs is 2. The number of hydrogen-bond acceptors (Lipinski definition) is 3. The van der Waals surface area contributed by atoms with E-state index in [-0.39, 0.29) is 12.0 Å². The first-order valence-corrected chi connectivity index (χ1v) is 9.95. The topological polar surface area (TPSA) is 35.6 Å². The number of nitrogens with zero attached hydrogens (tertiary/aromatic N) is 2. The van der Waals surface area contributed by atoms with Gasteiger partial charge in [-0.05, 0) is 43.7 Å². The summed E-state index contributed by atoms with van der Waals surface area (Å²) in [4.78, 5) is 17.9. The van der Waals surface area contributed by atoms with E-state index < -0.39 is 0 Å². The normalized spacial score (nSPS) is 31.2. The van der Waals surface area contributed by atoms with Crippen LogP contribution in [0.2, 0.25) is 0 Å². The van der Waals surface area contributed by atoms with Gasteiger partial charge in [-0.25, -0.2) is 0 Å². The quantitative estimate of drug-likeness (QED) is 0.894. The molecule has 1 aromatic carbocycles. The maximum absolute atomic E-state index is 13.0. The summed E-state index contributed by atoms with van der Waals surface area (Å²) in [7, 11) is 2.18. The highest BCUT2D eigenvalue weighted by Gasteiger charge is 2.43. The minimum atomic E-state index is 0.108. The number of carbonyl (C=O) groups excluding carboxylic acids is 1. The highest BCUT2D eigenvalue weighted by atomic mass is 16.2. The number of nitrogens with one attached hydrogen (secondary N) is 1. The van der Waals surface area contributed by atoms with Crippen LogP contribution in [-0.4, -0.2) is 55.5 Å². The van der Waals surface area contributed by atoms with Crippen molar-refractivity contribution in [1.29, 1.82) is 0 Å². The number of likely N-dealkylation sites (N-methyl/N-ethyl adjacent to an activating group) is 1. The Kier molecular flexibility index (Phi) is 5.09. The van der Waals surface area contributed by atoms with Gasteiger partial charge in [-0.2, -0.15) is 0 Å². The van der Waals surface area contributed by atoms with E-state index in [2.05, 4.69) is 46.4 Å². The second-order valence-electron chi connectivity index (χ2n) is 8.36. The van der Waals surface area contributed by atoms with Crippen molar-refractivity contribution in [1.82, 2.24) is 15.1 Å². The van der Waals surface area contributed by atoms with Crippen LogP contribution >= 0.6 is 0 Å². The fourth-order valence-corrected chi connectivity index (χ4v) is 5.05. The molecule has 0 radical (unpaired) electrons. The van der Waals surface area contributed by atoms with Crippen molar-refractivity contribution in [2.45, 2.75) is 31.7 Å². The number of carbonyl (C=O) groups is 1. The second-order valence-corrected chi connectivity index (χ2v) is 8.36. The molecule has 0 aromatic heterocycles. The first kappa shape index (κ1) is 17.0. The first-order chi connectivity index (χ1) is 12.2. The van der Waals surface area contributed by atoms with Crippen LogP contribution in [0.5, 0.6) is 0 Å². The van der Waals surface area contributed by atoms with E-state index in [1.165, 1.54) is 24.8 Å². The van der Waals surface area contributed by atoms with E-state index in [0.29, 0.717) is 11.8 Å². The van der Waals surface area contributed by atoms with Crippen molar-refractivity contribution in [2.24, 2.45) is 17.8 Å². The molecule has 1 heterocycles. The monoisotopic (exact) mass is 341 g/mol. The number of benzene rings is 1.